The topological polar surface area (TPSA) is 103 Å². The summed E-state index contributed by atoms with van der Waals surface area (Å²) in [5.74, 6) is 1.50. The third-order valence-corrected chi connectivity index (χ3v) is 4.82. The number of halogens is 1. The van der Waals surface area contributed by atoms with Crippen molar-refractivity contribution in [3.63, 3.8) is 0 Å². The van der Waals surface area contributed by atoms with Crippen LogP contribution in [0.4, 0.5) is 11.9 Å². The van der Waals surface area contributed by atoms with Crippen LogP contribution in [0.15, 0.2) is 40.8 Å². The van der Waals surface area contributed by atoms with Gasteiger partial charge >= 0.3 is 0 Å². The van der Waals surface area contributed by atoms with Crippen molar-refractivity contribution in [3.8, 4) is 0 Å². The average Bonchev–Trinajstić information content (AvgIpc) is 2.62. The first kappa shape index (κ1) is 19.1. The standard InChI is InChI=1S/C17H18ClN7OS/c1-4-7-25-14(26)11-6-5-10(18)8-12(11)20-17(25)27-9-13-21-15(19)23-16(22-13)24(2)3/h4-6,8H,1,7,9H2,2-3H3,(H2,19,21,22,23). The Morgan fingerprint density at radius 3 is 2.78 bits per heavy atom. The summed E-state index contributed by atoms with van der Waals surface area (Å²) in [4.78, 5) is 31.7. The largest absolute Gasteiger partial charge is 0.368 e. The Labute approximate surface area is 165 Å². The average molecular weight is 404 g/mol. The van der Waals surface area contributed by atoms with Gasteiger partial charge in [-0.2, -0.15) is 15.0 Å². The lowest BCUT2D eigenvalue weighted by Crippen LogP contribution is -2.23. The number of rotatable bonds is 6. The van der Waals surface area contributed by atoms with Gasteiger partial charge in [-0.15, -0.1) is 6.58 Å². The van der Waals surface area contributed by atoms with Crippen LogP contribution in [0.2, 0.25) is 5.02 Å². The predicted octanol–water partition coefficient (Wildman–Crippen LogP) is 2.36. The molecule has 0 aliphatic carbocycles. The number of anilines is 2. The van der Waals surface area contributed by atoms with E-state index in [0.717, 1.165) is 0 Å². The molecule has 0 atom stereocenters. The van der Waals surface area contributed by atoms with E-state index < -0.39 is 0 Å². The number of fused-ring (bicyclic) bond motifs is 1. The van der Waals surface area contributed by atoms with E-state index >= 15 is 0 Å². The highest BCUT2D eigenvalue weighted by molar-refractivity contribution is 7.98. The van der Waals surface area contributed by atoms with Gasteiger partial charge in [0, 0.05) is 25.7 Å². The van der Waals surface area contributed by atoms with Crippen molar-refractivity contribution < 1.29 is 0 Å². The van der Waals surface area contributed by atoms with Crippen molar-refractivity contribution in [2.45, 2.75) is 17.5 Å². The van der Waals surface area contributed by atoms with E-state index in [-0.39, 0.29) is 11.5 Å². The molecule has 0 amide bonds. The molecule has 140 valence electrons. The van der Waals surface area contributed by atoms with Gasteiger partial charge in [0.1, 0.15) is 5.82 Å². The highest BCUT2D eigenvalue weighted by Crippen LogP contribution is 2.23. The molecule has 10 heteroatoms. The minimum atomic E-state index is -0.150. The molecule has 0 aliphatic heterocycles. The highest BCUT2D eigenvalue weighted by Gasteiger charge is 2.13. The molecule has 0 saturated carbocycles. The first-order valence-electron chi connectivity index (χ1n) is 8.00. The van der Waals surface area contributed by atoms with Crippen LogP contribution in [0.3, 0.4) is 0 Å². The molecule has 3 aromatic rings. The van der Waals surface area contributed by atoms with E-state index in [1.165, 1.54) is 11.8 Å². The molecule has 0 radical (unpaired) electrons. The van der Waals surface area contributed by atoms with Gasteiger partial charge in [0.05, 0.1) is 16.7 Å². The van der Waals surface area contributed by atoms with Gasteiger partial charge in [-0.25, -0.2) is 4.98 Å². The molecule has 0 bridgehead atoms. The first-order chi connectivity index (χ1) is 12.9. The van der Waals surface area contributed by atoms with Gasteiger partial charge in [-0.3, -0.25) is 9.36 Å². The Kier molecular flexibility index (Phi) is 5.62. The van der Waals surface area contributed by atoms with E-state index in [1.807, 2.05) is 14.1 Å². The Morgan fingerprint density at radius 1 is 1.30 bits per heavy atom. The molecule has 0 saturated heterocycles. The molecule has 3 rings (SSSR count). The predicted molar refractivity (Wildman–Crippen MR) is 109 cm³/mol. The SMILES string of the molecule is C=CCn1c(SCc2nc(N)nc(N(C)C)n2)nc2cc(Cl)ccc2c1=O. The summed E-state index contributed by atoms with van der Waals surface area (Å²) >= 11 is 7.38. The zero-order valence-corrected chi connectivity index (χ0v) is 16.5. The Bertz CT molecular complexity index is 1070. The molecule has 27 heavy (non-hydrogen) atoms. The molecule has 0 fully saturated rings. The quantitative estimate of drug-likeness (QED) is 0.380. The minimum Gasteiger partial charge on any atom is -0.368 e. The van der Waals surface area contributed by atoms with Gasteiger partial charge in [0.2, 0.25) is 11.9 Å². The van der Waals surface area contributed by atoms with Crippen LogP contribution in [0.5, 0.6) is 0 Å². The van der Waals surface area contributed by atoms with Gasteiger partial charge in [-0.1, -0.05) is 29.4 Å². The summed E-state index contributed by atoms with van der Waals surface area (Å²) < 4.78 is 1.56. The second-order valence-corrected chi connectivity index (χ2v) is 7.23. The van der Waals surface area contributed by atoms with E-state index in [4.69, 9.17) is 17.3 Å². The van der Waals surface area contributed by atoms with Crippen LogP contribution in [0.25, 0.3) is 10.9 Å². The van der Waals surface area contributed by atoms with Crippen LogP contribution < -0.4 is 16.2 Å². The van der Waals surface area contributed by atoms with E-state index in [2.05, 4.69) is 26.5 Å². The number of allylic oxidation sites excluding steroid dienone is 1. The molecular formula is C17H18ClN7OS. The number of aromatic nitrogens is 5. The van der Waals surface area contributed by atoms with E-state index in [9.17, 15) is 4.79 Å². The summed E-state index contributed by atoms with van der Waals surface area (Å²) in [6.07, 6.45) is 1.65. The Balaban J connectivity index is 2.00. The molecule has 8 nitrogen and oxygen atoms in total. The lowest BCUT2D eigenvalue weighted by Gasteiger charge is -2.13. The van der Waals surface area contributed by atoms with Crippen LogP contribution in [-0.4, -0.2) is 38.6 Å². The summed E-state index contributed by atoms with van der Waals surface area (Å²) in [7, 11) is 3.64. The molecule has 1 aromatic carbocycles. The monoisotopic (exact) mass is 403 g/mol. The number of benzene rings is 1. The number of nitrogens with two attached hydrogens (primary N) is 1. The van der Waals surface area contributed by atoms with Crippen LogP contribution in [0, 0.1) is 0 Å². The number of nitrogens with zero attached hydrogens (tertiary/aromatic N) is 6. The normalized spacial score (nSPS) is 10.9. The number of hydrogen-bond acceptors (Lipinski definition) is 8. The zero-order chi connectivity index (χ0) is 19.6. The summed E-state index contributed by atoms with van der Waals surface area (Å²) in [5.41, 5.74) is 6.15. The lowest BCUT2D eigenvalue weighted by molar-refractivity contribution is 0.671. The molecule has 2 heterocycles. The van der Waals surface area contributed by atoms with Crippen molar-refractivity contribution in [1.82, 2.24) is 24.5 Å². The molecule has 2 aromatic heterocycles. The lowest BCUT2D eigenvalue weighted by atomic mass is 10.2. The van der Waals surface area contributed by atoms with E-state index in [0.29, 0.717) is 45.2 Å². The maximum Gasteiger partial charge on any atom is 0.262 e. The molecule has 0 spiro atoms. The van der Waals surface area contributed by atoms with Crippen molar-refractivity contribution in [2.75, 3.05) is 24.7 Å². The van der Waals surface area contributed by atoms with Gasteiger partial charge in [0.15, 0.2) is 5.16 Å². The zero-order valence-electron chi connectivity index (χ0n) is 14.9. The second-order valence-electron chi connectivity index (χ2n) is 5.85. The molecule has 2 N–H and O–H groups in total. The molecule has 0 unspecified atom stereocenters. The Morgan fingerprint density at radius 2 is 2.07 bits per heavy atom. The highest BCUT2D eigenvalue weighted by atomic mass is 35.5. The molecular weight excluding hydrogens is 386 g/mol. The fraction of sp³-hybridized carbons (Fsp3) is 0.235. The van der Waals surface area contributed by atoms with Crippen LogP contribution in [-0.2, 0) is 12.3 Å². The minimum absolute atomic E-state index is 0.144. The third-order valence-electron chi connectivity index (χ3n) is 3.61. The molecule has 0 aliphatic rings. The summed E-state index contributed by atoms with van der Waals surface area (Å²) in [5, 5.41) is 1.55. The van der Waals surface area contributed by atoms with Crippen molar-refractivity contribution >= 4 is 46.2 Å². The number of thioether (sulfide) groups is 1. The van der Waals surface area contributed by atoms with Crippen molar-refractivity contribution in [1.29, 1.82) is 0 Å². The van der Waals surface area contributed by atoms with Gasteiger partial charge in [-0.05, 0) is 18.2 Å². The van der Waals surface area contributed by atoms with Crippen LogP contribution in [0.1, 0.15) is 5.82 Å². The van der Waals surface area contributed by atoms with Crippen molar-refractivity contribution in [3.05, 3.63) is 52.1 Å². The number of hydrogen-bond donors (Lipinski definition) is 1. The van der Waals surface area contributed by atoms with Crippen molar-refractivity contribution in [2.24, 2.45) is 0 Å². The third kappa shape index (κ3) is 4.20. The van der Waals surface area contributed by atoms with Gasteiger partial charge in [0.25, 0.3) is 5.56 Å². The smallest absolute Gasteiger partial charge is 0.262 e. The fourth-order valence-corrected chi connectivity index (χ4v) is 3.42. The number of nitrogen functional groups attached to an aromatic ring is 1. The van der Waals surface area contributed by atoms with Crippen LogP contribution >= 0.6 is 23.4 Å². The summed E-state index contributed by atoms with van der Waals surface area (Å²) in [6.45, 7) is 4.06. The maximum absolute atomic E-state index is 12.8. The Hall–Kier alpha value is -2.65. The first-order valence-corrected chi connectivity index (χ1v) is 9.37. The fourth-order valence-electron chi connectivity index (χ4n) is 2.39. The van der Waals surface area contributed by atoms with E-state index in [1.54, 1.807) is 33.7 Å². The maximum atomic E-state index is 12.8. The van der Waals surface area contributed by atoms with Gasteiger partial charge < -0.3 is 10.6 Å². The summed E-state index contributed by atoms with van der Waals surface area (Å²) in [6, 6.07) is 5.02. The second kappa shape index (κ2) is 7.93.